The van der Waals surface area contributed by atoms with Gasteiger partial charge in [-0.2, -0.15) is 0 Å². The lowest BCUT2D eigenvalue weighted by Crippen LogP contribution is -2.26. The van der Waals surface area contributed by atoms with E-state index in [1.54, 1.807) is 11.0 Å². The van der Waals surface area contributed by atoms with Crippen LogP contribution in [-0.2, 0) is 11.3 Å². The van der Waals surface area contributed by atoms with Crippen molar-refractivity contribution in [2.24, 2.45) is 0 Å². The van der Waals surface area contributed by atoms with Gasteiger partial charge in [0.15, 0.2) is 0 Å². The molecule has 132 valence electrons. The van der Waals surface area contributed by atoms with Gasteiger partial charge in [0.05, 0.1) is 6.10 Å². The van der Waals surface area contributed by atoms with E-state index in [0.717, 1.165) is 29.5 Å². The summed E-state index contributed by atoms with van der Waals surface area (Å²) >= 11 is 3.42. The third kappa shape index (κ3) is 5.06. The molecule has 0 bridgehead atoms. The van der Waals surface area contributed by atoms with Crippen molar-refractivity contribution in [2.45, 2.75) is 25.5 Å². The van der Waals surface area contributed by atoms with Crippen LogP contribution in [0.25, 0.3) is 0 Å². The Morgan fingerprint density at radius 2 is 2.08 bits per heavy atom. The van der Waals surface area contributed by atoms with Crippen molar-refractivity contribution in [3.63, 3.8) is 0 Å². The number of carbonyl (C=O) groups excluding carboxylic acids is 1. The molecule has 1 aliphatic rings. The van der Waals surface area contributed by atoms with Crippen LogP contribution in [-0.4, -0.2) is 37.2 Å². The first-order valence-electron chi connectivity index (χ1n) is 8.46. The van der Waals surface area contributed by atoms with Crippen LogP contribution in [0.2, 0.25) is 0 Å². The zero-order valence-corrected chi connectivity index (χ0v) is 15.9. The minimum Gasteiger partial charge on any atom is -0.491 e. The third-order valence-electron chi connectivity index (χ3n) is 4.22. The van der Waals surface area contributed by atoms with Gasteiger partial charge in [0.1, 0.15) is 12.4 Å². The van der Waals surface area contributed by atoms with Gasteiger partial charge in [-0.3, -0.25) is 4.79 Å². The minimum atomic E-state index is -0.0227. The average molecular weight is 404 g/mol. The van der Waals surface area contributed by atoms with Crippen LogP contribution in [0.5, 0.6) is 5.75 Å². The van der Waals surface area contributed by atoms with E-state index in [1.165, 1.54) is 0 Å². The van der Waals surface area contributed by atoms with E-state index in [2.05, 4.69) is 15.9 Å². The van der Waals surface area contributed by atoms with Crippen molar-refractivity contribution in [1.82, 2.24) is 4.90 Å². The molecule has 0 spiro atoms. The number of hydrogen-bond acceptors (Lipinski definition) is 3. The molecule has 25 heavy (non-hydrogen) atoms. The first-order chi connectivity index (χ1) is 12.1. The molecule has 1 saturated heterocycles. The number of nitrogens with zero attached hydrogens (tertiary/aromatic N) is 1. The SMILES string of the molecule is CN(Cc1ccc(Br)cc1)C(=O)c1cccc(OCC2CCCO2)c1. The molecular weight excluding hydrogens is 382 g/mol. The van der Waals surface area contributed by atoms with Crippen molar-refractivity contribution in [3.05, 3.63) is 64.1 Å². The van der Waals surface area contributed by atoms with Crippen LogP contribution in [0.1, 0.15) is 28.8 Å². The highest BCUT2D eigenvalue weighted by molar-refractivity contribution is 9.10. The molecule has 1 amide bonds. The van der Waals surface area contributed by atoms with E-state index in [0.29, 0.717) is 24.5 Å². The van der Waals surface area contributed by atoms with Gasteiger partial charge in [0.2, 0.25) is 0 Å². The second-order valence-electron chi connectivity index (χ2n) is 6.26. The molecule has 0 aliphatic carbocycles. The van der Waals surface area contributed by atoms with Gasteiger partial charge < -0.3 is 14.4 Å². The van der Waals surface area contributed by atoms with Gasteiger partial charge >= 0.3 is 0 Å². The number of carbonyl (C=O) groups is 1. The minimum absolute atomic E-state index is 0.0227. The van der Waals surface area contributed by atoms with Gasteiger partial charge in [-0.1, -0.05) is 34.1 Å². The van der Waals surface area contributed by atoms with E-state index < -0.39 is 0 Å². The molecule has 5 heteroatoms. The van der Waals surface area contributed by atoms with Crippen LogP contribution in [0.4, 0.5) is 0 Å². The lowest BCUT2D eigenvalue weighted by atomic mass is 10.1. The summed E-state index contributed by atoms with van der Waals surface area (Å²) < 4.78 is 12.4. The second kappa shape index (κ2) is 8.50. The lowest BCUT2D eigenvalue weighted by molar-refractivity contribution is 0.0678. The van der Waals surface area contributed by atoms with E-state index in [-0.39, 0.29) is 12.0 Å². The highest BCUT2D eigenvalue weighted by atomic mass is 79.9. The summed E-state index contributed by atoms with van der Waals surface area (Å²) in [5.74, 6) is 0.684. The highest BCUT2D eigenvalue weighted by Gasteiger charge is 2.17. The number of ether oxygens (including phenoxy) is 2. The Balaban J connectivity index is 1.60. The van der Waals surface area contributed by atoms with Gasteiger partial charge in [0.25, 0.3) is 5.91 Å². The Labute approximate surface area is 156 Å². The van der Waals surface area contributed by atoms with Gasteiger partial charge in [-0.15, -0.1) is 0 Å². The first kappa shape index (κ1) is 18.0. The van der Waals surface area contributed by atoms with Crippen LogP contribution >= 0.6 is 15.9 Å². The van der Waals surface area contributed by atoms with Crippen LogP contribution in [0, 0.1) is 0 Å². The Kier molecular flexibility index (Phi) is 6.10. The Hall–Kier alpha value is -1.85. The summed E-state index contributed by atoms with van der Waals surface area (Å²) in [7, 11) is 1.81. The van der Waals surface area contributed by atoms with Gasteiger partial charge in [-0.25, -0.2) is 0 Å². The standard InChI is InChI=1S/C20H22BrNO3/c1-22(13-15-7-9-17(21)10-8-15)20(23)16-4-2-5-18(12-16)25-14-19-6-3-11-24-19/h2,4-5,7-10,12,19H,3,6,11,13-14H2,1H3. The quantitative estimate of drug-likeness (QED) is 0.722. The fourth-order valence-corrected chi connectivity index (χ4v) is 3.10. The highest BCUT2D eigenvalue weighted by Crippen LogP contribution is 2.19. The lowest BCUT2D eigenvalue weighted by Gasteiger charge is -2.18. The summed E-state index contributed by atoms with van der Waals surface area (Å²) in [5, 5.41) is 0. The Bertz CT molecular complexity index is 711. The molecule has 4 nitrogen and oxygen atoms in total. The normalized spacial score (nSPS) is 16.6. The van der Waals surface area contributed by atoms with E-state index in [9.17, 15) is 4.79 Å². The molecule has 1 unspecified atom stereocenters. The second-order valence-corrected chi connectivity index (χ2v) is 7.18. The van der Waals surface area contributed by atoms with Crippen molar-refractivity contribution >= 4 is 21.8 Å². The Morgan fingerprint density at radius 1 is 1.28 bits per heavy atom. The van der Waals surface area contributed by atoms with Crippen LogP contribution < -0.4 is 4.74 Å². The van der Waals surface area contributed by atoms with Crippen molar-refractivity contribution in [1.29, 1.82) is 0 Å². The number of hydrogen-bond donors (Lipinski definition) is 0. The summed E-state index contributed by atoms with van der Waals surface area (Å²) in [6.45, 7) is 1.91. The maximum Gasteiger partial charge on any atom is 0.254 e. The zero-order chi connectivity index (χ0) is 17.6. The van der Waals surface area contributed by atoms with E-state index in [1.807, 2.05) is 49.5 Å². The maximum atomic E-state index is 12.7. The molecule has 1 atom stereocenters. The van der Waals surface area contributed by atoms with Crippen molar-refractivity contribution in [3.8, 4) is 5.75 Å². The zero-order valence-electron chi connectivity index (χ0n) is 14.3. The molecule has 1 heterocycles. The Morgan fingerprint density at radius 3 is 2.80 bits per heavy atom. The monoisotopic (exact) mass is 403 g/mol. The average Bonchev–Trinajstić information content (AvgIpc) is 3.15. The number of rotatable bonds is 6. The third-order valence-corrected chi connectivity index (χ3v) is 4.75. The fraction of sp³-hybridized carbons (Fsp3) is 0.350. The summed E-state index contributed by atoms with van der Waals surface area (Å²) in [6.07, 6.45) is 2.29. The summed E-state index contributed by atoms with van der Waals surface area (Å²) in [5.41, 5.74) is 1.72. The maximum absolute atomic E-state index is 12.7. The smallest absolute Gasteiger partial charge is 0.254 e. The van der Waals surface area contributed by atoms with Gasteiger partial charge in [-0.05, 0) is 48.7 Å². The number of benzene rings is 2. The summed E-state index contributed by atoms with van der Waals surface area (Å²) in [4.78, 5) is 14.4. The summed E-state index contributed by atoms with van der Waals surface area (Å²) in [6, 6.07) is 15.3. The fourth-order valence-electron chi connectivity index (χ4n) is 2.84. The topological polar surface area (TPSA) is 38.8 Å². The number of halogens is 1. The molecule has 0 N–H and O–H groups in total. The molecule has 2 aromatic rings. The predicted octanol–water partition coefficient (Wildman–Crippen LogP) is 4.28. The van der Waals surface area contributed by atoms with Crippen molar-refractivity contribution in [2.75, 3.05) is 20.3 Å². The molecule has 0 radical (unpaired) electrons. The molecule has 1 fully saturated rings. The van der Waals surface area contributed by atoms with Crippen molar-refractivity contribution < 1.29 is 14.3 Å². The number of amides is 1. The molecule has 0 saturated carbocycles. The first-order valence-corrected chi connectivity index (χ1v) is 9.25. The largest absolute Gasteiger partial charge is 0.491 e. The molecule has 1 aliphatic heterocycles. The van der Waals surface area contributed by atoms with Gasteiger partial charge in [0, 0.05) is 30.2 Å². The van der Waals surface area contributed by atoms with Crippen LogP contribution in [0.15, 0.2) is 53.0 Å². The molecule has 2 aromatic carbocycles. The molecule has 3 rings (SSSR count). The van der Waals surface area contributed by atoms with E-state index in [4.69, 9.17) is 9.47 Å². The predicted molar refractivity (Wildman–Crippen MR) is 101 cm³/mol. The molecular formula is C20H22BrNO3. The van der Waals surface area contributed by atoms with E-state index >= 15 is 0 Å². The molecule has 0 aromatic heterocycles. The van der Waals surface area contributed by atoms with Crippen LogP contribution in [0.3, 0.4) is 0 Å².